The van der Waals surface area contributed by atoms with Gasteiger partial charge in [0.2, 0.25) is 0 Å². The first kappa shape index (κ1) is 26.8. The Hall–Kier alpha value is -1.46. The minimum atomic E-state index is -6.09. The number of halogens is 6. The molecule has 0 unspecified atom stereocenters. The van der Waals surface area contributed by atoms with Gasteiger partial charge in [0.05, 0.1) is 0 Å². The summed E-state index contributed by atoms with van der Waals surface area (Å²) in [6.07, 6.45) is 4.15. The van der Waals surface area contributed by atoms with E-state index in [9.17, 15) is 26.3 Å². The molecule has 1 aromatic rings. The second kappa shape index (κ2) is 8.96. The summed E-state index contributed by atoms with van der Waals surface area (Å²) in [4.78, 5) is 0. The van der Waals surface area contributed by atoms with Gasteiger partial charge in [-0.2, -0.15) is 30.9 Å². The van der Waals surface area contributed by atoms with Crippen LogP contribution >= 0.6 is 0 Å². The number of nitrogens with zero attached hydrogens (tertiary/aromatic N) is 3. The Balaban J connectivity index is 0. The molecule has 0 atom stereocenters. The van der Waals surface area contributed by atoms with Crippen LogP contribution < -0.4 is 9.25 Å². The molecule has 0 aliphatic rings. The van der Waals surface area contributed by atoms with Crippen LogP contribution in [0, 0.1) is 0 Å². The topological polar surface area (TPSA) is 127 Å². The van der Waals surface area contributed by atoms with E-state index in [1.165, 1.54) is 0 Å². The highest BCUT2D eigenvalue weighted by Gasteiger charge is 2.37. The second-order valence-corrected chi connectivity index (χ2v) is 7.46. The van der Waals surface area contributed by atoms with E-state index in [0.717, 1.165) is 0 Å². The van der Waals surface area contributed by atoms with E-state index in [-0.39, 0.29) is 0 Å². The Morgan fingerprint density at radius 1 is 0.923 bits per heavy atom. The van der Waals surface area contributed by atoms with Gasteiger partial charge in [0.15, 0.2) is 20.2 Å². The molecule has 17 heteroatoms. The molecule has 9 nitrogen and oxygen atoms in total. The first-order valence-corrected chi connectivity index (χ1v) is 8.90. The summed E-state index contributed by atoms with van der Waals surface area (Å²) in [5.41, 5.74) is -11.3. The maximum Gasteiger partial charge on any atom is 0.485 e. The van der Waals surface area contributed by atoms with Crippen LogP contribution in [0.3, 0.4) is 0 Å². The molecule has 26 heavy (non-hydrogen) atoms. The minimum Gasteiger partial charge on any atom is -0.741 e. The Morgan fingerprint density at radius 2 is 1.19 bits per heavy atom. The van der Waals surface area contributed by atoms with Gasteiger partial charge >= 0.3 is 23.7 Å². The van der Waals surface area contributed by atoms with E-state index in [2.05, 4.69) is 31.1 Å². The molecule has 0 bridgehead atoms. The zero-order chi connectivity index (χ0) is 21.7. The molecule has 1 aromatic heterocycles. The molecule has 0 fully saturated rings. The van der Waals surface area contributed by atoms with E-state index in [1.54, 1.807) is 0 Å². The van der Waals surface area contributed by atoms with E-state index in [1.807, 2.05) is 23.5 Å². The van der Waals surface area contributed by atoms with Gasteiger partial charge in [0.1, 0.15) is 20.1 Å². The van der Waals surface area contributed by atoms with Crippen molar-refractivity contribution in [1.29, 1.82) is 0 Å². The molecule has 156 valence electrons. The summed E-state index contributed by atoms with van der Waals surface area (Å²) >= 11 is 0. The fraction of sp³-hybridized carbons (Fsp3) is 0.778. The molecular weight excluding hydrogens is 424 g/mol. The average Bonchev–Trinajstić information content (AvgIpc) is 2.66. The quantitative estimate of drug-likeness (QED) is 0.259. The van der Waals surface area contributed by atoms with Crippen LogP contribution in [0.1, 0.15) is 19.9 Å². The summed E-state index contributed by atoms with van der Waals surface area (Å²) in [6.45, 7) is 4.33. The fourth-order valence-corrected chi connectivity index (χ4v) is 0.845. The smallest absolute Gasteiger partial charge is 0.485 e. The zero-order valence-corrected chi connectivity index (χ0v) is 15.2. The van der Waals surface area contributed by atoms with Crippen LogP contribution in [0.25, 0.3) is 0 Å². The molecule has 1 heterocycles. The highest BCUT2D eigenvalue weighted by molar-refractivity contribution is 7.86. The van der Waals surface area contributed by atoms with Crippen molar-refractivity contribution in [3.05, 3.63) is 12.7 Å². The van der Waals surface area contributed by atoms with Crippen LogP contribution in [0.2, 0.25) is 0 Å². The third-order valence-electron chi connectivity index (χ3n) is 2.26. The highest BCUT2D eigenvalue weighted by Crippen LogP contribution is 2.21. The number of hydrogen-bond acceptors (Lipinski definition) is 6. The Bertz CT molecular complexity index is 720. The van der Waals surface area contributed by atoms with Crippen LogP contribution in [0.15, 0.2) is 12.7 Å². The lowest BCUT2D eigenvalue weighted by molar-refractivity contribution is -0.819. The van der Waals surface area contributed by atoms with Crippen LogP contribution in [0.4, 0.5) is 26.3 Å². The fourth-order valence-electron chi connectivity index (χ4n) is 0.845. The normalized spacial score (nSPS) is 12.8. The molecule has 0 spiro atoms. The summed E-state index contributed by atoms with van der Waals surface area (Å²) in [6, 6.07) is 0.549. The Morgan fingerprint density at radius 3 is 1.27 bits per heavy atom. The molecule has 0 amide bonds. The largest absolute Gasteiger partial charge is 0.741 e. The third-order valence-corrected chi connectivity index (χ3v) is 3.40. The van der Waals surface area contributed by atoms with Crippen molar-refractivity contribution >= 4 is 20.2 Å². The number of aryl methyl sites for hydroxylation is 2. The van der Waals surface area contributed by atoms with Gasteiger partial charge in [-0.15, -0.1) is 0 Å². The SMILES string of the molecule is CC(C)[n+]1cn(C)[n+](C)c1.O=S(=O)([O-])C(F)(F)F.O=S(=O)([O-])C(F)(F)F. The van der Waals surface area contributed by atoms with Crippen molar-refractivity contribution < 1.29 is 61.5 Å². The van der Waals surface area contributed by atoms with E-state index < -0.39 is 31.3 Å². The maximum absolute atomic E-state index is 10.7. The molecule has 0 N–H and O–H groups in total. The maximum atomic E-state index is 10.7. The van der Waals surface area contributed by atoms with Crippen LogP contribution in [-0.2, 0) is 34.3 Å². The summed E-state index contributed by atoms with van der Waals surface area (Å²) in [7, 11) is -8.13. The van der Waals surface area contributed by atoms with Gasteiger partial charge in [-0.25, -0.2) is 16.8 Å². The number of rotatable bonds is 1. The molecular formula is C9H15F6N3O6S2. The first-order valence-electron chi connectivity index (χ1n) is 6.08. The number of aromatic nitrogens is 3. The van der Waals surface area contributed by atoms with Gasteiger partial charge in [-0.3, -0.25) is 0 Å². The van der Waals surface area contributed by atoms with Crippen molar-refractivity contribution in [2.45, 2.75) is 30.9 Å². The van der Waals surface area contributed by atoms with Gasteiger partial charge in [0.25, 0.3) is 0 Å². The summed E-state index contributed by atoms with van der Waals surface area (Å²) < 4.78 is 124. The minimum absolute atomic E-state index is 0.549. The zero-order valence-electron chi connectivity index (χ0n) is 13.6. The van der Waals surface area contributed by atoms with Crippen LogP contribution in [-0.4, -0.2) is 41.6 Å². The van der Waals surface area contributed by atoms with E-state index >= 15 is 0 Å². The lowest BCUT2D eigenvalue weighted by atomic mass is 10.4. The first-order chi connectivity index (χ1) is 11.1. The van der Waals surface area contributed by atoms with Crippen molar-refractivity contribution in [3.8, 4) is 0 Å². The van der Waals surface area contributed by atoms with E-state index in [4.69, 9.17) is 25.9 Å². The standard InChI is InChI=1S/C7H15N3.2CHF3O3S/c1-7(2)10-5-8(3)9(4)6-10;2*2-1(3,4)8(5,6)7/h5-7H,1-4H3;2*(H,5,6,7)/q+2;;/p-2. The van der Waals surface area contributed by atoms with Crippen molar-refractivity contribution in [1.82, 2.24) is 4.68 Å². The third kappa shape index (κ3) is 9.88. The molecule has 0 aliphatic heterocycles. The predicted molar refractivity (Wildman–Crippen MR) is 68.7 cm³/mol. The molecule has 0 radical (unpaired) electrons. The number of alkyl halides is 6. The van der Waals surface area contributed by atoms with Crippen molar-refractivity contribution in [2.75, 3.05) is 0 Å². The highest BCUT2D eigenvalue weighted by atomic mass is 32.2. The average molecular weight is 439 g/mol. The Labute approximate surface area is 144 Å². The van der Waals surface area contributed by atoms with Gasteiger partial charge in [0, 0.05) is 0 Å². The lowest BCUT2D eigenvalue weighted by Gasteiger charge is -2.08. The lowest BCUT2D eigenvalue weighted by Crippen LogP contribution is -2.40. The summed E-state index contributed by atoms with van der Waals surface area (Å²) in [5, 5.41) is 0. The molecule has 1 rings (SSSR count). The second-order valence-electron chi connectivity index (χ2n) is 4.72. The van der Waals surface area contributed by atoms with Crippen molar-refractivity contribution in [3.63, 3.8) is 0 Å². The number of hydrogen-bond donors (Lipinski definition) is 0. The molecule has 0 saturated heterocycles. The van der Waals surface area contributed by atoms with Gasteiger partial charge < -0.3 is 9.11 Å². The monoisotopic (exact) mass is 439 g/mol. The van der Waals surface area contributed by atoms with Gasteiger partial charge in [-0.1, -0.05) is 0 Å². The Kier molecular flexibility index (Phi) is 9.22. The van der Waals surface area contributed by atoms with Crippen LogP contribution in [0.5, 0.6) is 0 Å². The predicted octanol–water partition coefficient (Wildman–Crippen LogP) is -0.179. The van der Waals surface area contributed by atoms with Gasteiger partial charge in [-0.05, 0) is 23.2 Å². The van der Waals surface area contributed by atoms with E-state index in [0.29, 0.717) is 6.04 Å². The summed E-state index contributed by atoms with van der Waals surface area (Å²) in [5.74, 6) is 0. The molecule has 0 aromatic carbocycles. The molecule has 0 aliphatic carbocycles. The molecule has 0 saturated carbocycles. The van der Waals surface area contributed by atoms with Crippen molar-refractivity contribution in [2.24, 2.45) is 14.1 Å².